The van der Waals surface area contributed by atoms with Gasteiger partial charge in [-0.25, -0.2) is 0 Å². The van der Waals surface area contributed by atoms with Crippen molar-refractivity contribution in [2.75, 3.05) is 51.9 Å². The number of anilines is 2. The maximum Gasteiger partial charge on any atom is 0.256 e. The minimum absolute atomic E-state index is 0.0851. The van der Waals surface area contributed by atoms with Gasteiger partial charge >= 0.3 is 0 Å². The molecule has 0 unspecified atom stereocenters. The molecule has 10 heteroatoms. The summed E-state index contributed by atoms with van der Waals surface area (Å²) in [6.45, 7) is 10.6. The summed E-state index contributed by atoms with van der Waals surface area (Å²) in [4.78, 5) is 36.0. The molecule has 0 radical (unpaired) electrons. The number of halogens is 2. The summed E-state index contributed by atoms with van der Waals surface area (Å²) < 4.78 is 0. The topological polar surface area (TPSA) is 96.3 Å². The Morgan fingerprint density at radius 3 is 1.60 bits per heavy atom. The zero-order valence-corrected chi connectivity index (χ0v) is 31.8. The Labute approximate surface area is 305 Å². The molecule has 2 aromatic carbocycles. The molecule has 2 aromatic heterocycles. The van der Waals surface area contributed by atoms with E-state index in [1.165, 1.54) is 33.6 Å². The molecule has 8 nitrogen and oxygen atoms in total. The van der Waals surface area contributed by atoms with Gasteiger partial charge in [0.1, 0.15) is 0 Å². The van der Waals surface area contributed by atoms with Crippen LogP contribution in [0.1, 0.15) is 69.0 Å². The van der Waals surface area contributed by atoms with Crippen LogP contribution >= 0.6 is 23.2 Å². The standard InChI is InChI=1S/2C20H24ClN3O/c1-12-15(6-5-9-24(3)4)13(2)22-19(12)11-17-16-10-14(21)7-8-18(16)23-20(17)25;1-12-15(6-5-9-24(3)4)13(2)22-18(12)11-17-16-8-7-14(21)10-19(16)23-20(17)25/h2*7-8,10-11,22H,5-6,9H2,1-4H3,(H,23,25). The fourth-order valence-electron chi connectivity index (χ4n) is 6.72. The second-order valence-electron chi connectivity index (χ2n) is 13.8. The Morgan fingerprint density at radius 1 is 0.620 bits per heavy atom. The minimum atomic E-state index is -0.0851. The van der Waals surface area contributed by atoms with Gasteiger partial charge in [-0.05, 0) is 159 Å². The number of hydrogen-bond acceptors (Lipinski definition) is 4. The highest BCUT2D eigenvalue weighted by Crippen LogP contribution is 2.37. The zero-order chi connectivity index (χ0) is 36.3. The Hall–Kier alpha value is -4.08. The van der Waals surface area contributed by atoms with Crippen LogP contribution < -0.4 is 10.6 Å². The number of H-pyrrole nitrogens is 2. The van der Waals surface area contributed by atoms with Crippen molar-refractivity contribution in [2.24, 2.45) is 0 Å². The van der Waals surface area contributed by atoms with E-state index in [4.69, 9.17) is 23.2 Å². The molecule has 2 aliphatic heterocycles. The number of benzene rings is 2. The molecule has 0 spiro atoms. The highest BCUT2D eigenvalue weighted by atomic mass is 35.5. The van der Waals surface area contributed by atoms with E-state index in [1.54, 1.807) is 12.1 Å². The SMILES string of the molecule is Cc1[nH]c(C=C2C(=O)Nc3cc(Cl)ccc32)c(C)c1CCCN(C)C.Cc1[nH]c(C=C2C(=O)Nc3ccc(Cl)cc32)c(C)c1CCCN(C)C. The van der Waals surface area contributed by atoms with Gasteiger partial charge in [-0.1, -0.05) is 29.3 Å². The number of hydrogen-bond donors (Lipinski definition) is 4. The Kier molecular flexibility index (Phi) is 11.8. The van der Waals surface area contributed by atoms with E-state index in [-0.39, 0.29) is 11.8 Å². The molecule has 0 atom stereocenters. The van der Waals surface area contributed by atoms with E-state index in [9.17, 15) is 9.59 Å². The van der Waals surface area contributed by atoms with Crippen LogP contribution in [-0.4, -0.2) is 72.9 Å². The van der Waals surface area contributed by atoms with Crippen LogP contribution in [-0.2, 0) is 22.4 Å². The first kappa shape index (κ1) is 37.2. The number of nitrogens with one attached hydrogen (secondary N) is 4. The molecule has 4 N–H and O–H groups in total. The van der Waals surface area contributed by atoms with Crippen molar-refractivity contribution >= 4 is 69.7 Å². The number of amides is 2. The van der Waals surface area contributed by atoms with Crippen molar-refractivity contribution in [1.29, 1.82) is 0 Å². The molecule has 6 rings (SSSR count). The fraction of sp³-hybridized carbons (Fsp3) is 0.350. The van der Waals surface area contributed by atoms with Gasteiger partial charge in [0.2, 0.25) is 0 Å². The molecule has 0 saturated carbocycles. The second-order valence-corrected chi connectivity index (χ2v) is 14.6. The molecular weight excluding hydrogens is 667 g/mol. The fourth-order valence-corrected chi connectivity index (χ4v) is 7.06. The lowest BCUT2D eigenvalue weighted by Crippen LogP contribution is -2.13. The van der Waals surface area contributed by atoms with Crippen molar-refractivity contribution in [3.8, 4) is 0 Å². The molecule has 0 bridgehead atoms. The highest BCUT2D eigenvalue weighted by molar-refractivity contribution is 6.37. The van der Waals surface area contributed by atoms with Gasteiger partial charge in [0.25, 0.3) is 11.8 Å². The van der Waals surface area contributed by atoms with E-state index in [1.807, 2.05) is 36.4 Å². The number of aromatic amines is 2. The zero-order valence-electron chi connectivity index (χ0n) is 30.3. The van der Waals surface area contributed by atoms with Crippen LogP contribution in [0.25, 0.3) is 23.3 Å². The van der Waals surface area contributed by atoms with Crippen molar-refractivity contribution in [3.63, 3.8) is 0 Å². The first-order chi connectivity index (χ1) is 23.7. The molecule has 0 aliphatic carbocycles. The van der Waals surface area contributed by atoms with E-state index in [2.05, 4.69) is 86.3 Å². The van der Waals surface area contributed by atoms with Crippen molar-refractivity contribution in [3.05, 3.63) is 103 Å². The van der Waals surface area contributed by atoms with E-state index in [0.29, 0.717) is 21.2 Å². The molecule has 4 heterocycles. The van der Waals surface area contributed by atoms with E-state index < -0.39 is 0 Å². The first-order valence-electron chi connectivity index (χ1n) is 17.0. The lowest BCUT2D eigenvalue weighted by molar-refractivity contribution is -0.111. The molecule has 50 heavy (non-hydrogen) atoms. The maximum atomic E-state index is 12.4. The quantitative estimate of drug-likeness (QED) is 0.124. The number of fused-ring (bicyclic) bond motifs is 2. The lowest BCUT2D eigenvalue weighted by atomic mass is 10.0. The minimum Gasteiger partial charge on any atom is -0.359 e. The van der Waals surface area contributed by atoms with Gasteiger partial charge < -0.3 is 30.4 Å². The third-order valence-electron chi connectivity index (χ3n) is 9.43. The van der Waals surface area contributed by atoms with Crippen LogP contribution in [0.2, 0.25) is 10.0 Å². The molecule has 2 aliphatic rings. The first-order valence-corrected chi connectivity index (χ1v) is 17.8. The number of carbonyl (C=O) groups excluding carboxylic acids is 2. The number of aromatic nitrogens is 2. The average Bonchev–Trinajstić information content (AvgIpc) is 3.70. The molecular formula is C40H48Cl2N6O2. The predicted octanol–water partition coefficient (Wildman–Crippen LogP) is 8.54. The average molecular weight is 716 g/mol. The lowest BCUT2D eigenvalue weighted by Gasteiger charge is -2.09. The third-order valence-corrected chi connectivity index (χ3v) is 9.90. The predicted molar refractivity (Wildman–Crippen MR) is 210 cm³/mol. The van der Waals surface area contributed by atoms with Crippen LogP contribution in [0.3, 0.4) is 0 Å². The number of rotatable bonds is 10. The number of nitrogens with zero attached hydrogens (tertiary/aromatic N) is 2. The van der Waals surface area contributed by atoms with Crippen molar-refractivity contribution in [1.82, 2.24) is 19.8 Å². The smallest absolute Gasteiger partial charge is 0.256 e. The van der Waals surface area contributed by atoms with E-state index >= 15 is 0 Å². The Balaban J connectivity index is 0.000000194. The largest absolute Gasteiger partial charge is 0.359 e. The molecule has 264 valence electrons. The van der Waals surface area contributed by atoms with Crippen LogP contribution in [0.5, 0.6) is 0 Å². The van der Waals surface area contributed by atoms with Crippen LogP contribution in [0.15, 0.2) is 36.4 Å². The van der Waals surface area contributed by atoms with Crippen LogP contribution in [0.4, 0.5) is 11.4 Å². The highest BCUT2D eigenvalue weighted by Gasteiger charge is 2.26. The second kappa shape index (κ2) is 15.9. The molecule has 0 saturated heterocycles. The Morgan fingerprint density at radius 2 is 1.08 bits per heavy atom. The molecule has 0 fully saturated rings. The third kappa shape index (κ3) is 8.44. The van der Waals surface area contributed by atoms with E-state index in [0.717, 1.165) is 72.7 Å². The summed E-state index contributed by atoms with van der Waals surface area (Å²) >= 11 is 12.1. The summed E-state index contributed by atoms with van der Waals surface area (Å²) in [5.41, 5.74) is 14.2. The summed E-state index contributed by atoms with van der Waals surface area (Å²) in [6, 6.07) is 11.0. The van der Waals surface area contributed by atoms with Crippen molar-refractivity contribution < 1.29 is 9.59 Å². The van der Waals surface area contributed by atoms with Gasteiger partial charge in [-0.2, -0.15) is 0 Å². The van der Waals surface area contributed by atoms with Gasteiger partial charge in [0, 0.05) is 49.6 Å². The van der Waals surface area contributed by atoms with Crippen LogP contribution in [0, 0.1) is 27.7 Å². The normalized spacial score (nSPS) is 15.1. The summed E-state index contributed by atoms with van der Waals surface area (Å²) in [5.74, 6) is -0.170. The number of carbonyl (C=O) groups is 2. The molecule has 4 aromatic rings. The summed E-state index contributed by atoms with van der Waals surface area (Å²) in [6.07, 6.45) is 8.19. The number of aryl methyl sites for hydroxylation is 2. The monoisotopic (exact) mass is 714 g/mol. The summed E-state index contributed by atoms with van der Waals surface area (Å²) in [7, 11) is 8.37. The van der Waals surface area contributed by atoms with Gasteiger partial charge in [0.05, 0.1) is 16.8 Å². The van der Waals surface area contributed by atoms with Gasteiger partial charge in [-0.15, -0.1) is 0 Å². The van der Waals surface area contributed by atoms with Gasteiger partial charge in [-0.3, -0.25) is 9.59 Å². The Bertz CT molecular complexity index is 1980. The maximum absolute atomic E-state index is 12.4. The summed E-state index contributed by atoms with van der Waals surface area (Å²) in [5, 5.41) is 7.03. The molecule has 2 amide bonds. The van der Waals surface area contributed by atoms with Crippen molar-refractivity contribution in [2.45, 2.75) is 53.4 Å². The van der Waals surface area contributed by atoms with Gasteiger partial charge in [0.15, 0.2) is 0 Å².